The lowest BCUT2D eigenvalue weighted by atomic mass is 10.8. The van der Waals surface area contributed by atoms with Gasteiger partial charge in [0.15, 0.2) is 0 Å². The summed E-state index contributed by atoms with van der Waals surface area (Å²) in [6, 6.07) is 0. The molecule has 4 heteroatoms. The van der Waals surface area contributed by atoms with Gasteiger partial charge in [0.2, 0.25) is 6.67 Å². The largest absolute Gasteiger partial charge is 0.422 e. The Kier molecular flexibility index (Phi) is 1.38. The minimum atomic E-state index is -4.75. The molecular weight excluding hydrogens is 100 g/mol. The van der Waals surface area contributed by atoms with E-state index in [9.17, 15) is 17.6 Å². The van der Waals surface area contributed by atoms with E-state index in [1.165, 1.54) is 0 Å². The van der Waals surface area contributed by atoms with Crippen LogP contribution in [-0.4, -0.2) is 6.18 Å². The molecule has 0 aliphatic carbocycles. The molecule has 0 aromatic carbocycles. The molecule has 0 N–H and O–H groups in total. The van der Waals surface area contributed by atoms with E-state index in [-0.39, 0.29) is 0 Å². The molecule has 0 spiro atoms. The molecule has 0 nitrogen and oxygen atoms in total. The van der Waals surface area contributed by atoms with Crippen molar-refractivity contribution in [3.63, 3.8) is 0 Å². The van der Waals surface area contributed by atoms with Crippen LogP contribution < -0.4 is 0 Å². The number of hydrogen-bond donors (Lipinski definition) is 0. The third-order valence-corrected chi connectivity index (χ3v) is 0.124. The first-order valence-electron chi connectivity index (χ1n) is 1.07. The maximum Gasteiger partial charge on any atom is 0.422 e. The second kappa shape index (κ2) is 1.45. The lowest BCUT2D eigenvalue weighted by Gasteiger charge is -1.92. The first kappa shape index (κ1) is 5.72. The predicted molar refractivity (Wildman–Crippen MR) is 11.5 cm³/mol. The van der Waals surface area contributed by atoms with Gasteiger partial charge in [-0.3, -0.25) is 0 Å². The summed E-state index contributed by atoms with van der Waals surface area (Å²) in [5, 5.41) is 0. The molecule has 0 aliphatic heterocycles. The molecule has 0 aromatic rings. The number of alkyl halides is 3. The molecule has 0 aromatic heterocycles. The monoisotopic (exact) mass is 101 g/mol. The van der Waals surface area contributed by atoms with E-state index >= 15 is 0 Å². The van der Waals surface area contributed by atoms with Crippen LogP contribution in [0.15, 0.2) is 0 Å². The fourth-order valence-electron chi connectivity index (χ4n) is 0. The van der Waals surface area contributed by atoms with Crippen LogP contribution in [0.1, 0.15) is 0 Å². The van der Waals surface area contributed by atoms with E-state index < -0.39 is 12.9 Å². The molecule has 0 unspecified atom stereocenters. The topological polar surface area (TPSA) is 0 Å². The molecule has 0 atom stereocenters. The maximum atomic E-state index is 10.4. The molecule has 0 saturated heterocycles. The third kappa shape index (κ3) is 3.72. The van der Waals surface area contributed by atoms with Gasteiger partial charge >= 0.3 is 6.18 Å². The summed E-state index contributed by atoms with van der Waals surface area (Å²) in [5.41, 5.74) is 0. The van der Waals surface area contributed by atoms with Crippen LogP contribution >= 0.6 is 0 Å². The van der Waals surface area contributed by atoms with Crippen molar-refractivity contribution >= 4 is 0 Å². The molecule has 0 amide bonds. The van der Waals surface area contributed by atoms with Gasteiger partial charge in [0.1, 0.15) is 0 Å². The van der Waals surface area contributed by atoms with Crippen molar-refractivity contribution in [2.45, 2.75) is 6.18 Å². The van der Waals surface area contributed by atoms with Crippen molar-refractivity contribution in [3.8, 4) is 0 Å². The fraction of sp³-hybridized carbons (Fsp3) is 0.500. The number of rotatable bonds is 0. The van der Waals surface area contributed by atoms with E-state index in [2.05, 4.69) is 0 Å². The van der Waals surface area contributed by atoms with Crippen LogP contribution in [0.2, 0.25) is 0 Å². The third-order valence-electron chi connectivity index (χ3n) is 0.124. The van der Waals surface area contributed by atoms with E-state index in [0.717, 1.165) is 0 Å². The predicted octanol–water partition coefficient (Wildman–Crippen LogP) is 1.68. The second-order valence-corrected chi connectivity index (χ2v) is 0.651. The van der Waals surface area contributed by atoms with E-state index in [0.29, 0.717) is 0 Å². The highest BCUT2D eigenvalue weighted by Gasteiger charge is 2.27. The summed E-state index contributed by atoms with van der Waals surface area (Å²) < 4.78 is 41.3. The van der Waals surface area contributed by atoms with Crippen molar-refractivity contribution in [1.29, 1.82) is 0 Å². The van der Waals surface area contributed by atoms with Crippen LogP contribution in [0.5, 0.6) is 0 Å². The molecule has 0 bridgehead atoms. The Bertz CT molecular complexity index is 35.3. The molecule has 1 radical (unpaired) electrons. The van der Waals surface area contributed by atoms with Gasteiger partial charge in [0.25, 0.3) is 0 Å². The molecular formula is C2HF4. The van der Waals surface area contributed by atoms with Crippen LogP contribution in [-0.2, 0) is 0 Å². The molecule has 0 fully saturated rings. The first-order valence-corrected chi connectivity index (χ1v) is 1.07. The van der Waals surface area contributed by atoms with Gasteiger partial charge in [-0.2, -0.15) is 13.2 Å². The van der Waals surface area contributed by atoms with Gasteiger partial charge < -0.3 is 0 Å². The fourth-order valence-corrected chi connectivity index (χ4v) is 0. The van der Waals surface area contributed by atoms with Crippen molar-refractivity contribution in [3.05, 3.63) is 6.67 Å². The molecule has 0 heterocycles. The summed E-state index contributed by atoms with van der Waals surface area (Å²) >= 11 is 0. The zero-order chi connectivity index (χ0) is 5.21. The Hall–Kier alpha value is -0.280. The smallest absolute Gasteiger partial charge is 0.234 e. The van der Waals surface area contributed by atoms with Crippen LogP contribution in [0.3, 0.4) is 0 Å². The normalized spacial score (nSPS) is 12.0. The maximum absolute atomic E-state index is 10.4. The highest BCUT2D eigenvalue weighted by molar-refractivity contribution is 4.57. The van der Waals surface area contributed by atoms with Crippen LogP contribution in [0, 0.1) is 6.67 Å². The molecule has 0 aliphatic rings. The highest BCUT2D eigenvalue weighted by Crippen LogP contribution is 2.17. The average Bonchev–Trinajstić information content (AvgIpc) is 1.35. The van der Waals surface area contributed by atoms with Crippen molar-refractivity contribution in [2.75, 3.05) is 0 Å². The average molecular weight is 101 g/mol. The second-order valence-electron chi connectivity index (χ2n) is 0.651. The molecule has 0 rings (SSSR count). The van der Waals surface area contributed by atoms with Gasteiger partial charge in [-0.15, -0.1) is 0 Å². The number of halogens is 4. The number of hydrogen-bond acceptors (Lipinski definition) is 0. The zero-order valence-corrected chi connectivity index (χ0v) is 2.59. The minimum absolute atomic E-state index is 1.31. The van der Waals surface area contributed by atoms with E-state index in [1.807, 2.05) is 0 Å². The quantitative estimate of drug-likeness (QED) is 0.407. The summed E-state index contributed by atoms with van der Waals surface area (Å²) in [6.07, 6.45) is -4.75. The molecule has 0 saturated carbocycles. The van der Waals surface area contributed by atoms with Crippen molar-refractivity contribution in [1.82, 2.24) is 0 Å². The van der Waals surface area contributed by atoms with Crippen molar-refractivity contribution < 1.29 is 17.6 Å². The van der Waals surface area contributed by atoms with Gasteiger partial charge in [0, 0.05) is 0 Å². The summed E-state index contributed by atoms with van der Waals surface area (Å²) in [4.78, 5) is 0. The standard InChI is InChI=1S/C2HF4/c3-1-2(4,5)6/h1H. The highest BCUT2D eigenvalue weighted by atomic mass is 19.4. The minimum Gasteiger partial charge on any atom is -0.234 e. The Balaban J connectivity index is 3.17. The summed E-state index contributed by atoms with van der Waals surface area (Å²) in [5.74, 6) is 0. The summed E-state index contributed by atoms with van der Waals surface area (Å²) in [7, 11) is 0. The van der Waals surface area contributed by atoms with E-state index in [1.54, 1.807) is 0 Å². The van der Waals surface area contributed by atoms with Gasteiger partial charge in [-0.1, -0.05) is 0 Å². The first-order chi connectivity index (χ1) is 2.56. The summed E-state index contributed by atoms with van der Waals surface area (Å²) in [6.45, 7) is -1.31. The molecule has 37 valence electrons. The lowest BCUT2D eigenvalue weighted by Crippen LogP contribution is -2.02. The Morgan fingerprint density at radius 2 is 1.33 bits per heavy atom. The lowest BCUT2D eigenvalue weighted by molar-refractivity contribution is -0.114. The zero-order valence-electron chi connectivity index (χ0n) is 2.59. The van der Waals surface area contributed by atoms with Crippen LogP contribution in [0.4, 0.5) is 17.6 Å². The van der Waals surface area contributed by atoms with E-state index in [4.69, 9.17) is 0 Å². The van der Waals surface area contributed by atoms with Crippen molar-refractivity contribution in [2.24, 2.45) is 0 Å². The Morgan fingerprint density at radius 3 is 1.33 bits per heavy atom. The van der Waals surface area contributed by atoms with Gasteiger partial charge in [0.05, 0.1) is 0 Å². The van der Waals surface area contributed by atoms with Crippen LogP contribution in [0.25, 0.3) is 0 Å². The van der Waals surface area contributed by atoms with Gasteiger partial charge in [-0.25, -0.2) is 4.39 Å². The van der Waals surface area contributed by atoms with Gasteiger partial charge in [-0.05, 0) is 0 Å². The SMILES string of the molecule is F[CH]C(F)(F)F. The Morgan fingerprint density at radius 1 is 1.17 bits per heavy atom. The molecule has 6 heavy (non-hydrogen) atoms. The Labute approximate surface area is 31.8 Å².